The maximum Gasteiger partial charge on any atom is 0.142 e. The van der Waals surface area contributed by atoms with Gasteiger partial charge in [-0.2, -0.15) is 0 Å². The van der Waals surface area contributed by atoms with Gasteiger partial charge in [0.1, 0.15) is 5.75 Å². The summed E-state index contributed by atoms with van der Waals surface area (Å²) in [5.74, 6) is 0.825. The first-order valence-electron chi connectivity index (χ1n) is 6.39. The molecule has 0 aliphatic rings. The van der Waals surface area contributed by atoms with Crippen LogP contribution in [0.3, 0.4) is 0 Å². The Bertz CT molecular complexity index is 599. The molecule has 0 saturated heterocycles. The number of aliphatic hydroxyl groups excluding tert-OH is 1. The van der Waals surface area contributed by atoms with Gasteiger partial charge in [-0.15, -0.1) is 0 Å². The number of methoxy groups -OCH3 is 1. The van der Waals surface area contributed by atoms with Crippen molar-refractivity contribution >= 4 is 27.3 Å². The summed E-state index contributed by atoms with van der Waals surface area (Å²) in [7, 11) is 3.65. The highest BCUT2D eigenvalue weighted by atomic mass is 79.9. The summed E-state index contributed by atoms with van der Waals surface area (Å²) in [6, 6.07) is 13.8. The smallest absolute Gasteiger partial charge is 0.142 e. The number of aliphatic hydroxyl groups is 1. The average molecular weight is 336 g/mol. The predicted molar refractivity (Wildman–Crippen MR) is 85.8 cm³/mol. The van der Waals surface area contributed by atoms with Crippen molar-refractivity contribution in [2.45, 2.75) is 13.0 Å². The summed E-state index contributed by atoms with van der Waals surface area (Å²) >= 11 is 3.51. The first-order valence-corrected chi connectivity index (χ1v) is 7.18. The van der Waals surface area contributed by atoms with E-state index in [-0.39, 0.29) is 0 Å². The number of rotatable bonds is 4. The molecule has 0 aromatic heterocycles. The van der Waals surface area contributed by atoms with Crippen LogP contribution in [-0.2, 0) is 0 Å². The van der Waals surface area contributed by atoms with Gasteiger partial charge >= 0.3 is 0 Å². The van der Waals surface area contributed by atoms with Crippen LogP contribution >= 0.6 is 15.9 Å². The molecule has 106 valence electrons. The number of halogens is 1. The van der Waals surface area contributed by atoms with E-state index in [1.54, 1.807) is 14.0 Å². The van der Waals surface area contributed by atoms with E-state index in [1.165, 1.54) is 0 Å². The van der Waals surface area contributed by atoms with Crippen LogP contribution in [0.4, 0.5) is 11.4 Å². The third-order valence-corrected chi connectivity index (χ3v) is 3.95. The Kier molecular flexibility index (Phi) is 4.68. The second-order valence-corrected chi connectivity index (χ2v) is 5.47. The minimum absolute atomic E-state index is 0.491. The molecule has 0 aliphatic heterocycles. The quantitative estimate of drug-likeness (QED) is 0.905. The van der Waals surface area contributed by atoms with Gasteiger partial charge in [-0.1, -0.05) is 34.1 Å². The van der Waals surface area contributed by atoms with Crippen molar-refractivity contribution in [2.24, 2.45) is 0 Å². The van der Waals surface area contributed by atoms with Crippen molar-refractivity contribution in [1.29, 1.82) is 0 Å². The number of hydrogen-bond donors (Lipinski definition) is 1. The minimum Gasteiger partial charge on any atom is -0.495 e. The minimum atomic E-state index is -0.491. The van der Waals surface area contributed by atoms with Crippen LogP contribution in [-0.4, -0.2) is 19.3 Å². The molecule has 0 fully saturated rings. The zero-order valence-electron chi connectivity index (χ0n) is 11.8. The van der Waals surface area contributed by atoms with Crippen LogP contribution in [0.15, 0.2) is 46.9 Å². The van der Waals surface area contributed by atoms with E-state index in [2.05, 4.69) is 20.8 Å². The fourth-order valence-electron chi connectivity index (χ4n) is 2.11. The Morgan fingerprint density at radius 2 is 1.90 bits per heavy atom. The van der Waals surface area contributed by atoms with Gasteiger partial charge in [-0.05, 0) is 36.8 Å². The largest absolute Gasteiger partial charge is 0.495 e. The molecule has 1 unspecified atom stereocenters. The van der Waals surface area contributed by atoms with Crippen LogP contribution < -0.4 is 9.64 Å². The van der Waals surface area contributed by atoms with Crippen LogP contribution in [0.25, 0.3) is 0 Å². The molecule has 1 N–H and O–H groups in total. The number of anilines is 2. The van der Waals surface area contributed by atoms with E-state index in [1.807, 2.05) is 49.5 Å². The summed E-state index contributed by atoms with van der Waals surface area (Å²) in [5.41, 5.74) is 2.89. The SMILES string of the molecule is COc1ccccc1N(C)c1ccc(C(C)O)c(Br)c1. The lowest BCUT2D eigenvalue weighted by molar-refractivity contribution is 0.198. The second kappa shape index (κ2) is 6.29. The van der Waals surface area contributed by atoms with Gasteiger partial charge in [0.2, 0.25) is 0 Å². The lowest BCUT2D eigenvalue weighted by Gasteiger charge is -2.23. The van der Waals surface area contributed by atoms with Crippen molar-refractivity contribution < 1.29 is 9.84 Å². The number of nitrogens with zero attached hydrogens (tertiary/aromatic N) is 1. The Morgan fingerprint density at radius 3 is 2.50 bits per heavy atom. The van der Waals surface area contributed by atoms with E-state index in [0.717, 1.165) is 27.2 Å². The molecule has 2 aromatic rings. The number of para-hydroxylation sites is 2. The molecule has 3 nitrogen and oxygen atoms in total. The fourth-order valence-corrected chi connectivity index (χ4v) is 2.81. The van der Waals surface area contributed by atoms with E-state index < -0.39 is 6.10 Å². The summed E-state index contributed by atoms with van der Waals surface area (Å²) in [6.45, 7) is 1.75. The van der Waals surface area contributed by atoms with Crippen molar-refractivity contribution in [1.82, 2.24) is 0 Å². The van der Waals surface area contributed by atoms with E-state index in [9.17, 15) is 5.11 Å². The van der Waals surface area contributed by atoms with Crippen LogP contribution in [0.2, 0.25) is 0 Å². The molecule has 0 bridgehead atoms. The van der Waals surface area contributed by atoms with Gasteiger partial charge in [0.05, 0.1) is 18.9 Å². The summed E-state index contributed by atoms with van der Waals surface area (Å²) in [6.07, 6.45) is -0.491. The molecule has 2 rings (SSSR count). The topological polar surface area (TPSA) is 32.7 Å². The summed E-state index contributed by atoms with van der Waals surface area (Å²) < 4.78 is 6.28. The highest BCUT2D eigenvalue weighted by Gasteiger charge is 2.12. The molecule has 4 heteroatoms. The number of ether oxygens (including phenoxy) is 1. The monoisotopic (exact) mass is 335 g/mol. The first-order chi connectivity index (χ1) is 9.54. The maximum atomic E-state index is 9.67. The highest BCUT2D eigenvalue weighted by Crippen LogP contribution is 2.35. The Balaban J connectivity index is 2.38. The molecule has 1 atom stereocenters. The lowest BCUT2D eigenvalue weighted by Crippen LogP contribution is -2.11. The lowest BCUT2D eigenvalue weighted by atomic mass is 10.1. The van der Waals surface area contributed by atoms with Crippen LogP contribution in [0.5, 0.6) is 5.75 Å². The molecule has 0 spiro atoms. The molecule has 0 radical (unpaired) electrons. The third kappa shape index (κ3) is 2.97. The second-order valence-electron chi connectivity index (χ2n) is 4.61. The fraction of sp³-hybridized carbons (Fsp3) is 0.250. The van der Waals surface area contributed by atoms with Gasteiger partial charge in [0, 0.05) is 17.2 Å². The van der Waals surface area contributed by atoms with E-state index in [0.29, 0.717) is 0 Å². The Labute approximate surface area is 127 Å². The molecule has 0 saturated carbocycles. The van der Waals surface area contributed by atoms with Gasteiger partial charge in [0.15, 0.2) is 0 Å². The zero-order valence-corrected chi connectivity index (χ0v) is 13.4. The molecular formula is C16H18BrNO2. The molecule has 2 aromatic carbocycles. The van der Waals surface area contributed by atoms with Crippen molar-refractivity contribution in [3.05, 3.63) is 52.5 Å². The van der Waals surface area contributed by atoms with Crippen molar-refractivity contribution in [3.8, 4) is 5.75 Å². The molecule has 0 aliphatic carbocycles. The summed E-state index contributed by atoms with van der Waals surface area (Å²) in [4.78, 5) is 2.05. The Hall–Kier alpha value is -1.52. The molecule has 0 heterocycles. The average Bonchev–Trinajstić information content (AvgIpc) is 2.45. The highest BCUT2D eigenvalue weighted by molar-refractivity contribution is 9.10. The third-order valence-electron chi connectivity index (χ3n) is 3.27. The first kappa shape index (κ1) is 14.9. The summed E-state index contributed by atoms with van der Waals surface area (Å²) in [5, 5.41) is 9.67. The molecular weight excluding hydrogens is 318 g/mol. The van der Waals surface area contributed by atoms with Crippen LogP contribution in [0, 0.1) is 0 Å². The van der Waals surface area contributed by atoms with E-state index >= 15 is 0 Å². The predicted octanol–water partition coefficient (Wildman–Crippen LogP) is 4.28. The number of benzene rings is 2. The van der Waals surface area contributed by atoms with Gasteiger partial charge in [-0.3, -0.25) is 0 Å². The van der Waals surface area contributed by atoms with Crippen molar-refractivity contribution in [3.63, 3.8) is 0 Å². The molecule has 20 heavy (non-hydrogen) atoms. The van der Waals surface area contributed by atoms with Crippen molar-refractivity contribution in [2.75, 3.05) is 19.1 Å². The van der Waals surface area contributed by atoms with Crippen LogP contribution in [0.1, 0.15) is 18.6 Å². The normalized spacial score (nSPS) is 12.1. The Morgan fingerprint density at radius 1 is 1.20 bits per heavy atom. The number of hydrogen-bond acceptors (Lipinski definition) is 3. The van der Waals surface area contributed by atoms with Gasteiger partial charge < -0.3 is 14.7 Å². The van der Waals surface area contributed by atoms with E-state index in [4.69, 9.17) is 4.74 Å². The zero-order chi connectivity index (χ0) is 14.7. The standard InChI is InChI=1S/C16H18BrNO2/c1-11(19)13-9-8-12(10-14(13)17)18(2)15-6-4-5-7-16(15)20-3/h4-11,19H,1-3H3. The maximum absolute atomic E-state index is 9.67. The van der Waals surface area contributed by atoms with Gasteiger partial charge in [-0.25, -0.2) is 0 Å². The molecule has 0 amide bonds. The van der Waals surface area contributed by atoms with Gasteiger partial charge in [0.25, 0.3) is 0 Å².